The predicted octanol–water partition coefficient (Wildman–Crippen LogP) is 3.84. The van der Waals surface area contributed by atoms with Gasteiger partial charge in [0.25, 0.3) is 0 Å². The number of rotatable bonds is 4. The second-order valence-electron chi connectivity index (χ2n) is 6.00. The molecule has 0 saturated heterocycles. The molecule has 0 aliphatic carbocycles. The third-order valence-corrected chi connectivity index (χ3v) is 3.63. The highest BCUT2D eigenvalue weighted by Gasteiger charge is 2.12. The molecule has 0 atom stereocenters. The second-order valence-corrected chi connectivity index (χ2v) is 6.00. The van der Waals surface area contributed by atoms with Crippen molar-refractivity contribution in [2.24, 2.45) is 0 Å². The Morgan fingerprint density at radius 2 is 1.62 bits per heavy atom. The first-order valence-electron chi connectivity index (χ1n) is 7.77. The fourth-order valence-electron chi connectivity index (χ4n) is 2.54. The van der Waals surface area contributed by atoms with Gasteiger partial charge in [-0.15, -0.1) is 5.10 Å². The molecule has 0 fully saturated rings. The molecule has 0 aliphatic rings. The van der Waals surface area contributed by atoms with E-state index >= 15 is 0 Å². The Labute approximate surface area is 140 Å². The Balaban J connectivity index is 1.69. The third-order valence-electron chi connectivity index (χ3n) is 3.63. The van der Waals surface area contributed by atoms with Gasteiger partial charge in [-0.05, 0) is 38.5 Å². The minimum absolute atomic E-state index is 0.112. The highest BCUT2D eigenvalue weighted by molar-refractivity contribution is 5.90. The number of aromatic nitrogens is 2. The highest BCUT2D eigenvalue weighted by Crippen LogP contribution is 2.22. The second kappa shape index (κ2) is 6.66. The molecule has 3 rings (SSSR count). The zero-order valence-electron chi connectivity index (χ0n) is 14.0. The molecule has 5 heteroatoms. The molecule has 3 aromatic rings. The first kappa shape index (κ1) is 15.9. The molecule has 0 spiro atoms. The van der Waals surface area contributed by atoms with Gasteiger partial charge < -0.3 is 4.42 Å². The molecule has 1 aromatic heterocycles. The lowest BCUT2D eigenvalue weighted by Crippen LogP contribution is -2.14. The third kappa shape index (κ3) is 3.87. The fourth-order valence-corrected chi connectivity index (χ4v) is 2.54. The van der Waals surface area contributed by atoms with Crippen LogP contribution in [-0.4, -0.2) is 16.1 Å². The van der Waals surface area contributed by atoms with Crippen molar-refractivity contribution in [2.45, 2.75) is 27.2 Å². The molecule has 1 N–H and O–H groups in total. The minimum Gasteiger partial charge on any atom is -0.403 e. The molecule has 24 heavy (non-hydrogen) atoms. The number of amides is 1. The molecule has 1 heterocycles. The van der Waals surface area contributed by atoms with Gasteiger partial charge in [-0.1, -0.05) is 52.1 Å². The predicted molar refractivity (Wildman–Crippen MR) is 92.7 cm³/mol. The average Bonchev–Trinajstić information content (AvgIpc) is 2.97. The number of benzene rings is 2. The van der Waals surface area contributed by atoms with E-state index in [0.717, 1.165) is 27.8 Å². The van der Waals surface area contributed by atoms with Crippen molar-refractivity contribution in [3.63, 3.8) is 0 Å². The summed E-state index contributed by atoms with van der Waals surface area (Å²) in [5, 5.41) is 10.6. The molecule has 0 saturated carbocycles. The molecule has 0 aliphatic heterocycles. The number of nitrogens with zero attached hydrogens (tertiary/aromatic N) is 2. The van der Waals surface area contributed by atoms with E-state index in [4.69, 9.17) is 4.42 Å². The van der Waals surface area contributed by atoms with Crippen LogP contribution in [0.15, 0.2) is 46.9 Å². The van der Waals surface area contributed by atoms with E-state index in [0.29, 0.717) is 5.89 Å². The Hall–Kier alpha value is -2.95. The summed E-state index contributed by atoms with van der Waals surface area (Å²) in [5.74, 6) is 0.210. The number of carbonyl (C=O) groups excluding carboxylic acids is 1. The van der Waals surface area contributed by atoms with Gasteiger partial charge in [-0.3, -0.25) is 10.1 Å². The molecule has 0 unspecified atom stereocenters. The standard InChI is InChI=1S/C19H19N3O2/c1-12-4-6-15(7-5-12)11-17(23)20-19-22-21-18(24-19)16-9-13(2)8-14(3)10-16/h4-10H,11H2,1-3H3,(H,20,22,23). The smallest absolute Gasteiger partial charge is 0.322 e. The van der Waals surface area contributed by atoms with E-state index in [1.54, 1.807) is 0 Å². The summed E-state index contributed by atoms with van der Waals surface area (Å²) < 4.78 is 5.55. The maximum absolute atomic E-state index is 12.1. The minimum atomic E-state index is -0.186. The van der Waals surface area contributed by atoms with Crippen LogP contribution in [0.1, 0.15) is 22.3 Å². The van der Waals surface area contributed by atoms with Gasteiger partial charge in [-0.2, -0.15) is 0 Å². The van der Waals surface area contributed by atoms with Crippen LogP contribution in [0.5, 0.6) is 0 Å². The number of nitrogens with one attached hydrogen (secondary N) is 1. The van der Waals surface area contributed by atoms with Gasteiger partial charge in [0.15, 0.2) is 0 Å². The molecule has 2 aromatic carbocycles. The average molecular weight is 321 g/mol. The highest BCUT2D eigenvalue weighted by atomic mass is 16.4. The van der Waals surface area contributed by atoms with Gasteiger partial charge in [0.2, 0.25) is 11.8 Å². The van der Waals surface area contributed by atoms with Crippen LogP contribution in [-0.2, 0) is 11.2 Å². The van der Waals surface area contributed by atoms with Crippen molar-refractivity contribution in [1.29, 1.82) is 0 Å². The van der Waals surface area contributed by atoms with Gasteiger partial charge >= 0.3 is 6.01 Å². The number of hydrogen-bond donors (Lipinski definition) is 1. The Bertz CT molecular complexity index is 846. The number of anilines is 1. The first-order valence-corrected chi connectivity index (χ1v) is 7.77. The van der Waals surface area contributed by atoms with Gasteiger partial charge in [-0.25, -0.2) is 0 Å². The van der Waals surface area contributed by atoms with Crippen LogP contribution in [0, 0.1) is 20.8 Å². The normalized spacial score (nSPS) is 10.6. The first-order chi connectivity index (χ1) is 11.5. The van der Waals surface area contributed by atoms with E-state index in [-0.39, 0.29) is 18.3 Å². The molecule has 122 valence electrons. The van der Waals surface area contributed by atoms with Crippen molar-refractivity contribution < 1.29 is 9.21 Å². The van der Waals surface area contributed by atoms with Crippen molar-refractivity contribution in [3.05, 3.63) is 64.7 Å². The summed E-state index contributed by atoms with van der Waals surface area (Å²) in [5.41, 5.74) is 5.18. The van der Waals surface area contributed by atoms with E-state index in [2.05, 4.69) is 21.6 Å². The summed E-state index contributed by atoms with van der Waals surface area (Å²) in [6, 6.07) is 14.0. The molecule has 1 amide bonds. The summed E-state index contributed by atoms with van der Waals surface area (Å²) in [6.45, 7) is 6.03. The molecular formula is C19H19N3O2. The Morgan fingerprint density at radius 1 is 0.958 bits per heavy atom. The number of carbonyl (C=O) groups is 1. The van der Waals surface area contributed by atoms with Gasteiger partial charge in [0.1, 0.15) is 0 Å². The van der Waals surface area contributed by atoms with Crippen molar-refractivity contribution in [2.75, 3.05) is 5.32 Å². The van der Waals surface area contributed by atoms with E-state index in [1.807, 2.05) is 57.2 Å². The number of hydrogen-bond acceptors (Lipinski definition) is 4. The lowest BCUT2D eigenvalue weighted by molar-refractivity contribution is -0.115. The summed E-state index contributed by atoms with van der Waals surface area (Å²) in [7, 11) is 0. The van der Waals surface area contributed by atoms with Crippen LogP contribution in [0.25, 0.3) is 11.5 Å². The van der Waals surface area contributed by atoms with E-state index in [1.165, 1.54) is 0 Å². The van der Waals surface area contributed by atoms with Crippen LogP contribution in [0.4, 0.5) is 6.01 Å². The zero-order valence-corrected chi connectivity index (χ0v) is 14.0. The van der Waals surface area contributed by atoms with Crippen LogP contribution in [0.2, 0.25) is 0 Å². The quantitative estimate of drug-likeness (QED) is 0.792. The van der Waals surface area contributed by atoms with Crippen molar-refractivity contribution >= 4 is 11.9 Å². The molecular weight excluding hydrogens is 302 g/mol. The van der Waals surface area contributed by atoms with Crippen molar-refractivity contribution in [3.8, 4) is 11.5 Å². The summed E-state index contributed by atoms with van der Waals surface area (Å²) in [4.78, 5) is 12.1. The SMILES string of the molecule is Cc1ccc(CC(=O)Nc2nnc(-c3cc(C)cc(C)c3)o2)cc1. The number of aryl methyl sites for hydroxylation is 3. The maximum atomic E-state index is 12.1. The molecule has 0 bridgehead atoms. The molecule has 5 nitrogen and oxygen atoms in total. The van der Waals surface area contributed by atoms with Gasteiger partial charge in [0, 0.05) is 5.56 Å². The largest absolute Gasteiger partial charge is 0.403 e. The monoisotopic (exact) mass is 321 g/mol. The maximum Gasteiger partial charge on any atom is 0.322 e. The lowest BCUT2D eigenvalue weighted by atomic mass is 10.1. The van der Waals surface area contributed by atoms with Crippen LogP contribution >= 0.6 is 0 Å². The van der Waals surface area contributed by atoms with Crippen molar-refractivity contribution in [1.82, 2.24) is 10.2 Å². The Kier molecular flexibility index (Phi) is 4.42. The van der Waals surface area contributed by atoms with E-state index in [9.17, 15) is 4.79 Å². The lowest BCUT2D eigenvalue weighted by Gasteiger charge is -2.02. The summed E-state index contributed by atoms with van der Waals surface area (Å²) in [6.07, 6.45) is 0.265. The van der Waals surface area contributed by atoms with Gasteiger partial charge in [0.05, 0.1) is 6.42 Å². The van der Waals surface area contributed by atoms with E-state index < -0.39 is 0 Å². The fraction of sp³-hybridized carbons (Fsp3) is 0.211. The summed E-state index contributed by atoms with van der Waals surface area (Å²) >= 11 is 0. The zero-order chi connectivity index (χ0) is 17.1. The van der Waals surface area contributed by atoms with Crippen LogP contribution < -0.4 is 5.32 Å². The molecule has 0 radical (unpaired) electrons. The Morgan fingerprint density at radius 3 is 2.29 bits per heavy atom. The van der Waals surface area contributed by atoms with Crippen LogP contribution in [0.3, 0.4) is 0 Å². The topological polar surface area (TPSA) is 68.0 Å².